The first kappa shape index (κ1) is 10.5. The van der Waals surface area contributed by atoms with E-state index in [1.807, 2.05) is 30.3 Å². The van der Waals surface area contributed by atoms with Crippen molar-refractivity contribution >= 4 is 17.0 Å². The molecule has 3 rings (SSSR count). The molecule has 0 spiro atoms. The normalized spacial score (nSPS) is 10.9. The summed E-state index contributed by atoms with van der Waals surface area (Å²) < 4.78 is 1.60. The minimum Gasteiger partial charge on any atom is -0.480 e. The van der Waals surface area contributed by atoms with Gasteiger partial charge in [0.15, 0.2) is 17.0 Å². The van der Waals surface area contributed by atoms with Gasteiger partial charge in [0.2, 0.25) is 0 Å². The minimum absolute atomic E-state index is 0.110. The Kier molecular flexibility index (Phi) is 2.33. The van der Waals surface area contributed by atoms with Crippen molar-refractivity contribution in [1.29, 1.82) is 0 Å². The van der Waals surface area contributed by atoms with Gasteiger partial charge in [-0.2, -0.15) is 4.98 Å². The van der Waals surface area contributed by atoms with Crippen molar-refractivity contribution in [2.75, 3.05) is 5.73 Å². The number of hydrogen-bond donors (Lipinski definition) is 2. The third-order valence-corrected chi connectivity index (χ3v) is 2.72. The highest BCUT2D eigenvalue weighted by atomic mass is 16.3. The Hall–Kier alpha value is -2.63. The number of rotatable bonds is 2. The largest absolute Gasteiger partial charge is 0.480 e. The molecule has 0 saturated heterocycles. The lowest BCUT2D eigenvalue weighted by Crippen LogP contribution is -2.01. The summed E-state index contributed by atoms with van der Waals surface area (Å²) in [5.41, 5.74) is 7.69. The molecule has 2 heterocycles. The molecule has 3 aromatic rings. The SMILES string of the molecule is Nc1ncnc2c1nc(O)n2Cc1ccccc1. The van der Waals surface area contributed by atoms with Gasteiger partial charge >= 0.3 is 0 Å². The fourth-order valence-corrected chi connectivity index (χ4v) is 1.85. The summed E-state index contributed by atoms with van der Waals surface area (Å²) >= 11 is 0. The number of aromatic nitrogens is 4. The van der Waals surface area contributed by atoms with Gasteiger partial charge in [0, 0.05) is 0 Å². The molecule has 0 radical (unpaired) electrons. The molecule has 0 aliphatic rings. The van der Waals surface area contributed by atoms with E-state index >= 15 is 0 Å². The highest BCUT2D eigenvalue weighted by Gasteiger charge is 2.13. The quantitative estimate of drug-likeness (QED) is 0.702. The van der Waals surface area contributed by atoms with Crippen LogP contribution in [0.2, 0.25) is 0 Å². The van der Waals surface area contributed by atoms with Gasteiger partial charge in [-0.15, -0.1) is 0 Å². The van der Waals surface area contributed by atoms with Gasteiger partial charge in [0.05, 0.1) is 6.54 Å². The monoisotopic (exact) mass is 241 g/mol. The zero-order chi connectivity index (χ0) is 12.5. The number of nitrogens with two attached hydrogens (primary N) is 1. The first-order valence-electron chi connectivity index (χ1n) is 5.45. The van der Waals surface area contributed by atoms with Crippen LogP contribution in [0.5, 0.6) is 6.01 Å². The predicted molar refractivity (Wildman–Crippen MR) is 66.9 cm³/mol. The standard InChI is InChI=1S/C12H11N5O/c13-10-9-11(15-7-14-10)17(12(18)16-9)6-8-4-2-1-3-5-8/h1-5,7H,6H2,(H,16,18)(H2,13,14,15). The van der Waals surface area contributed by atoms with Crippen molar-refractivity contribution in [2.45, 2.75) is 6.54 Å². The van der Waals surface area contributed by atoms with Crippen LogP contribution in [-0.2, 0) is 6.54 Å². The number of hydrogen-bond acceptors (Lipinski definition) is 5. The molecule has 6 nitrogen and oxygen atoms in total. The number of anilines is 1. The number of nitrogens with zero attached hydrogens (tertiary/aromatic N) is 4. The second kappa shape index (κ2) is 3.99. The lowest BCUT2D eigenvalue weighted by Gasteiger charge is -2.04. The summed E-state index contributed by atoms with van der Waals surface area (Å²) in [5.74, 6) is 0.266. The van der Waals surface area contributed by atoms with Crippen molar-refractivity contribution in [3.8, 4) is 6.01 Å². The van der Waals surface area contributed by atoms with Gasteiger partial charge in [0.25, 0.3) is 6.01 Å². The molecule has 0 aliphatic carbocycles. The summed E-state index contributed by atoms with van der Waals surface area (Å²) in [6.07, 6.45) is 1.36. The molecule has 0 atom stereocenters. The van der Waals surface area contributed by atoms with Crippen LogP contribution in [0.15, 0.2) is 36.7 Å². The molecule has 2 aromatic heterocycles. The lowest BCUT2D eigenvalue weighted by molar-refractivity contribution is 0.408. The van der Waals surface area contributed by atoms with E-state index in [0.29, 0.717) is 17.7 Å². The fourth-order valence-electron chi connectivity index (χ4n) is 1.85. The van der Waals surface area contributed by atoms with E-state index in [2.05, 4.69) is 15.0 Å². The maximum absolute atomic E-state index is 9.85. The van der Waals surface area contributed by atoms with Gasteiger partial charge in [-0.25, -0.2) is 9.97 Å². The van der Waals surface area contributed by atoms with E-state index in [0.717, 1.165) is 5.56 Å². The summed E-state index contributed by atoms with van der Waals surface area (Å²) in [6.45, 7) is 0.486. The maximum Gasteiger partial charge on any atom is 0.296 e. The van der Waals surface area contributed by atoms with E-state index in [9.17, 15) is 5.11 Å². The van der Waals surface area contributed by atoms with Crippen LogP contribution in [0.3, 0.4) is 0 Å². The fraction of sp³-hybridized carbons (Fsp3) is 0.0833. The van der Waals surface area contributed by atoms with Gasteiger partial charge in [-0.1, -0.05) is 30.3 Å². The zero-order valence-electron chi connectivity index (χ0n) is 9.48. The summed E-state index contributed by atoms with van der Waals surface area (Å²) in [5, 5.41) is 9.85. The van der Waals surface area contributed by atoms with Gasteiger partial charge in [-0.3, -0.25) is 4.57 Å². The van der Waals surface area contributed by atoms with Gasteiger partial charge < -0.3 is 10.8 Å². The number of aromatic hydroxyl groups is 1. The highest BCUT2D eigenvalue weighted by Crippen LogP contribution is 2.22. The molecule has 90 valence electrons. The third-order valence-electron chi connectivity index (χ3n) is 2.72. The average Bonchev–Trinajstić information content (AvgIpc) is 2.70. The van der Waals surface area contributed by atoms with Crippen LogP contribution in [0, 0.1) is 0 Å². The lowest BCUT2D eigenvalue weighted by atomic mass is 10.2. The van der Waals surface area contributed by atoms with Crippen LogP contribution >= 0.6 is 0 Å². The second-order valence-electron chi connectivity index (χ2n) is 3.91. The topological polar surface area (TPSA) is 89.8 Å². The second-order valence-corrected chi connectivity index (χ2v) is 3.91. The number of imidazole rings is 1. The van der Waals surface area contributed by atoms with Crippen LogP contribution in [0.25, 0.3) is 11.2 Å². The van der Waals surface area contributed by atoms with Crippen molar-refractivity contribution in [3.63, 3.8) is 0 Å². The van der Waals surface area contributed by atoms with Gasteiger partial charge in [0.1, 0.15) is 6.33 Å². The Balaban J connectivity index is 2.12. The molecule has 0 aliphatic heterocycles. The van der Waals surface area contributed by atoms with Crippen molar-refractivity contribution in [3.05, 3.63) is 42.2 Å². The van der Waals surface area contributed by atoms with Crippen LogP contribution in [0.1, 0.15) is 5.56 Å². The molecule has 0 bridgehead atoms. The van der Waals surface area contributed by atoms with Crippen molar-refractivity contribution < 1.29 is 5.11 Å². The van der Waals surface area contributed by atoms with Crippen LogP contribution in [-0.4, -0.2) is 24.6 Å². The average molecular weight is 241 g/mol. The summed E-state index contributed by atoms with van der Waals surface area (Å²) in [6, 6.07) is 9.64. The molecule has 1 aromatic carbocycles. The third kappa shape index (κ3) is 1.64. The summed E-state index contributed by atoms with van der Waals surface area (Å²) in [4.78, 5) is 11.9. The van der Waals surface area contributed by atoms with E-state index in [1.165, 1.54) is 6.33 Å². The first-order chi connectivity index (χ1) is 8.75. The number of fused-ring (bicyclic) bond motifs is 1. The molecule has 3 N–H and O–H groups in total. The van der Waals surface area contributed by atoms with E-state index < -0.39 is 0 Å². The maximum atomic E-state index is 9.85. The molecule has 0 unspecified atom stereocenters. The minimum atomic E-state index is -0.110. The molecule has 18 heavy (non-hydrogen) atoms. The molecule has 0 saturated carbocycles. The Morgan fingerprint density at radius 3 is 2.72 bits per heavy atom. The smallest absolute Gasteiger partial charge is 0.296 e. The van der Waals surface area contributed by atoms with Crippen molar-refractivity contribution in [1.82, 2.24) is 19.5 Å². The van der Waals surface area contributed by atoms with E-state index in [-0.39, 0.29) is 11.8 Å². The Morgan fingerprint density at radius 1 is 1.17 bits per heavy atom. The highest BCUT2D eigenvalue weighted by molar-refractivity contribution is 5.82. The Bertz CT molecular complexity index is 692. The Morgan fingerprint density at radius 2 is 1.94 bits per heavy atom. The van der Waals surface area contributed by atoms with E-state index in [1.54, 1.807) is 4.57 Å². The first-order valence-corrected chi connectivity index (χ1v) is 5.45. The molecular weight excluding hydrogens is 230 g/mol. The predicted octanol–water partition coefficient (Wildman–Crippen LogP) is 1.16. The number of benzene rings is 1. The molecular formula is C12H11N5O. The molecule has 6 heteroatoms. The molecule has 0 fully saturated rings. The van der Waals surface area contributed by atoms with Crippen molar-refractivity contribution in [2.24, 2.45) is 0 Å². The molecule has 0 amide bonds. The van der Waals surface area contributed by atoms with E-state index in [4.69, 9.17) is 5.73 Å². The van der Waals surface area contributed by atoms with Gasteiger partial charge in [-0.05, 0) is 5.56 Å². The van der Waals surface area contributed by atoms with Crippen LogP contribution < -0.4 is 5.73 Å². The zero-order valence-corrected chi connectivity index (χ0v) is 9.48. The Labute approximate surface area is 103 Å². The van der Waals surface area contributed by atoms with Crippen LogP contribution in [0.4, 0.5) is 5.82 Å². The summed E-state index contributed by atoms with van der Waals surface area (Å²) in [7, 11) is 0. The number of nitrogen functional groups attached to an aromatic ring is 1.